The molecule has 0 radical (unpaired) electrons. The molecule has 9 heteroatoms. The van der Waals surface area contributed by atoms with Gasteiger partial charge >= 0.3 is 5.97 Å². The average Bonchev–Trinajstić information content (AvgIpc) is 2.96. The molecule has 1 aliphatic heterocycles. The number of esters is 1. The molecule has 2 rings (SSSR count). The first-order valence-corrected chi connectivity index (χ1v) is 8.42. The van der Waals surface area contributed by atoms with Crippen LogP contribution in [0.3, 0.4) is 0 Å². The maximum absolute atomic E-state index is 12.5. The van der Waals surface area contributed by atoms with E-state index >= 15 is 0 Å². The van der Waals surface area contributed by atoms with Crippen molar-refractivity contribution in [3.8, 4) is 5.75 Å². The van der Waals surface area contributed by atoms with E-state index in [0.717, 1.165) is 0 Å². The number of amides is 2. The highest BCUT2D eigenvalue weighted by molar-refractivity contribution is 6.08. The number of rotatable bonds is 9. The summed E-state index contributed by atoms with van der Waals surface area (Å²) >= 11 is 0. The summed E-state index contributed by atoms with van der Waals surface area (Å²) in [6.07, 6.45) is 0. The van der Waals surface area contributed by atoms with Crippen LogP contribution in [0, 0.1) is 0 Å². The van der Waals surface area contributed by atoms with Crippen molar-refractivity contribution in [1.82, 2.24) is 10.2 Å². The van der Waals surface area contributed by atoms with Gasteiger partial charge in [-0.2, -0.15) is 0 Å². The molecule has 0 atom stereocenters. The van der Waals surface area contributed by atoms with Crippen LogP contribution in [0.5, 0.6) is 5.75 Å². The van der Waals surface area contributed by atoms with Crippen LogP contribution in [0.2, 0.25) is 0 Å². The monoisotopic (exact) mass is 377 g/mol. The van der Waals surface area contributed by atoms with Gasteiger partial charge in [-0.3, -0.25) is 9.59 Å². The summed E-state index contributed by atoms with van der Waals surface area (Å²) in [4.78, 5) is 36.6. The summed E-state index contributed by atoms with van der Waals surface area (Å²) in [5, 5.41) is 14.6. The molecule has 27 heavy (non-hydrogen) atoms. The summed E-state index contributed by atoms with van der Waals surface area (Å²) in [7, 11) is 1.25. The van der Waals surface area contributed by atoms with Crippen LogP contribution in [0.4, 0.5) is 5.69 Å². The molecule has 9 nitrogen and oxygen atoms in total. The number of anilines is 1. The van der Waals surface area contributed by atoms with Crippen LogP contribution in [0.25, 0.3) is 0 Å². The Balaban J connectivity index is 2.04. The molecule has 3 N–H and O–H groups in total. The molecular formula is C18H23N3O6. The number of benzene rings is 1. The molecule has 0 saturated carbocycles. The van der Waals surface area contributed by atoms with Crippen molar-refractivity contribution in [1.29, 1.82) is 0 Å². The first-order valence-electron chi connectivity index (χ1n) is 8.42. The number of aliphatic hydroxyl groups excluding tert-OH is 1. The van der Waals surface area contributed by atoms with E-state index in [-0.39, 0.29) is 42.8 Å². The summed E-state index contributed by atoms with van der Waals surface area (Å²) in [5.41, 5.74) is 0.945. The molecule has 1 aromatic carbocycles. The zero-order valence-electron chi connectivity index (χ0n) is 15.3. The minimum absolute atomic E-state index is 0.0821. The van der Waals surface area contributed by atoms with Gasteiger partial charge in [-0.1, -0.05) is 0 Å². The number of β-amino-alcohol motifs (C(OH)–C–C–N with tert-alkyl or cyclic N) is 1. The van der Waals surface area contributed by atoms with E-state index in [9.17, 15) is 14.4 Å². The molecule has 2 amide bonds. The number of methoxy groups -OCH3 is 1. The van der Waals surface area contributed by atoms with Crippen molar-refractivity contribution in [3.63, 3.8) is 0 Å². The molecule has 0 aromatic heterocycles. The van der Waals surface area contributed by atoms with Crippen molar-refractivity contribution < 1.29 is 29.0 Å². The minimum Gasteiger partial charge on any atom is -0.492 e. The van der Waals surface area contributed by atoms with Gasteiger partial charge in [-0.15, -0.1) is 0 Å². The fourth-order valence-electron chi connectivity index (χ4n) is 2.52. The lowest BCUT2D eigenvalue weighted by atomic mass is 10.2. The minimum atomic E-state index is -0.593. The molecule has 0 aliphatic carbocycles. The van der Waals surface area contributed by atoms with Gasteiger partial charge in [-0.25, -0.2) is 4.79 Å². The maximum atomic E-state index is 12.5. The molecule has 1 aliphatic rings. The van der Waals surface area contributed by atoms with Gasteiger partial charge < -0.3 is 30.1 Å². The van der Waals surface area contributed by atoms with Gasteiger partial charge in [0, 0.05) is 19.2 Å². The van der Waals surface area contributed by atoms with Gasteiger partial charge in [0.05, 0.1) is 32.4 Å². The maximum Gasteiger partial charge on any atom is 0.337 e. The molecule has 1 aromatic rings. The van der Waals surface area contributed by atoms with Crippen molar-refractivity contribution in [2.24, 2.45) is 0 Å². The largest absolute Gasteiger partial charge is 0.492 e. The first kappa shape index (κ1) is 20.2. The van der Waals surface area contributed by atoms with E-state index < -0.39 is 5.97 Å². The third-order valence-corrected chi connectivity index (χ3v) is 3.82. The predicted octanol–water partition coefficient (Wildman–Crippen LogP) is -0.125. The Labute approximate surface area is 156 Å². The quantitative estimate of drug-likeness (QED) is 0.405. The number of nitrogens with zero attached hydrogens (tertiary/aromatic N) is 1. The molecule has 0 unspecified atom stereocenters. The van der Waals surface area contributed by atoms with Crippen LogP contribution < -0.4 is 15.4 Å². The fourth-order valence-corrected chi connectivity index (χ4v) is 2.52. The standard InChI is InChI=1S/C18H23N3O6/c1-12(23)19-7-10-27-14-5-3-13(4-6-14)20-16-15(18(25)26-2)11-21(8-9-22)17(16)24/h3-6,20,22H,7-11H2,1-2H3,(H,19,23). The molecule has 0 bridgehead atoms. The highest BCUT2D eigenvalue weighted by atomic mass is 16.5. The second-order valence-electron chi connectivity index (χ2n) is 5.78. The van der Waals surface area contributed by atoms with Crippen LogP contribution >= 0.6 is 0 Å². The van der Waals surface area contributed by atoms with Crippen LogP contribution in [0.1, 0.15) is 6.92 Å². The second kappa shape index (κ2) is 9.58. The third-order valence-electron chi connectivity index (χ3n) is 3.82. The average molecular weight is 377 g/mol. The molecule has 146 valence electrons. The first-order chi connectivity index (χ1) is 13.0. The zero-order chi connectivity index (χ0) is 19.8. The Morgan fingerprint density at radius 3 is 2.56 bits per heavy atom. The van der Waals surface area contributed by atoms with Crippen molar-refractivity contribution in [2.75, 3.05) is 45.3 Å². The van der Waals surface area contributed by atoms with E-state index in [1.54, 1.807) is 24.3 Å². The molecular weight excluding hydrogens is 354 g/mol. The summed E-state index contributed by atoms with van der Waals surface area (Å²) in [6, 6.07) is 6.83. The fraction of sp³-hybridized carbons (Fsp3) is 0.389. The topological polar surface area (TPSA) is 117 Å². The number of carbonyl (C=O) groups excluding carboxylic acids is 3. The molecule has 0 fully saturated rings. The normalized spacial score (nSPS) is 13.6. The van der Waals surface area contributed by atoms with E-state index in [2.05, 4.69) is 10.6 Å². The van der Waals surface area contributed by atoms with Crippen molar-refractivity contribution in [3.05, 3.63) is 35.5 Å². The lowest BCUT2D eigenvalue weighted by molar-refractivity contribution is -0.136. The van der Waals surface area contributed by atoms with E-state index in [1.165, 1.54) is 18.9 Å². The lowest BCUT2D eigenvalue weighted by Gasteiger charge is -2.15. The Hall–Kier alpha value is -3.07. The highest BCUT2D eigenvalue weighted by Gasteiger charge is 2.34. The number of ether oxygens (including phenoxy) is 2. The van der Waals surface area contributed by atoms with Crippen molar-refractivity contribution >= 4 is 23.5 Å². The Morgan fingerprint density at radius 2 is 1.96 bits per heavy atom. The summed E-state index contributed by atoms with van der Waals surface area (Å²) in [5.74, 6) is -0.485. The molecule has 0 spiro atoms. The summed E-state index contributed by atoms with van der Waals surface area (Å²) < 4.78 is 10.2. The van der Waals surface area contributed by atoms with E-state index in [4.69, 9.17) is 14.6 Å². The Bertz CT molecular complexity index is 729. The van der Waals surface area contributed by atoms with Gasteiger partial charge in [0.2, 0.25) is 5.91 Å². The van der Waals surface area contributed by atoms with Gasteiger partial charge in [0.15, 0.2) is 0 Å². The number of hydrogen-bond donors (Lipinski definition) is 3. The second-order valence-corrected chi connectivity index (χ2v) is 5.78. The molecule has 1 heterocycles. The Kier molecular flexibility index (Phi) is 7.18. The summed E-state index contributed by atoms with van der Waals surface area (Å²) in [6.45, 7) is 2.19. The number of aliphatic hydroxyl groups is 1. The predicted molar refractivity (Wildman–Crippen MR) is 97.0 cm³/mol. The lowest BCUT2D eigenvalue weighted by Crippen LogP contribution is -2.31. The van der Waals surface area contributed by atoms with Crippen molar-refractivity contribution in [2.45, 2.75) is 6.92 Å². The van der Waals surface area contributed by atoms with Gasteiger partial charge in [0.25, 0.3) is 5.91 Å². The van der Waals surface area contributed by atoms with E-state index in [1.807, 2.05) is 0 Å². The van der Waals surface area contributed by atoms with Gasteiger partial charge in [0.1, 0.15) is 18.1 Å². The SMILES string of the molecule is COC(=O)C1=C(Nc2ccc(OCCNC(C)=O)cc2)C(=O)N(CCO)C1. The van der Waals surface area contributed by atoms with Crippen LogP contribution in [-0.2, 0) is 19.1 Å². The molecule has 0 saturated heterocycles. The smallest absolute Gasteiger partial charge is 0.337 e. The van der Waals surface area contributed by atoms with Crippen LogP contribution in [-0.4, -0.2) is 67.7 Å². The number of nitrogens with one attached hydrogen (secondary N) is 2. The number of carbonyl (C=O) groups is 3. The Morgan fingerprint density at radius 1 is 1.26 bits per heavy atom. The zero-order valence-corrected chi connectivity index (χ0v) is 15.3. The van der Waals surface area contributed by atoms with E-state index in [0.29, 0.717) is 24.6 Å². The third kappa shape index (κ3) is 5.45. The number of hydrogen-bond acceptors (Lipinski definition) is 7. The van der Waals surface area contributed by atoms with Gasteiger partial charge in [-0.05, 0) is 24.3 Å². The highest BCUT2D eigenvalue weighted by Crippen LogP contribution is 2.24. The van der Waals surface area contributed by atoms with Crippen LogP contribution in [0.15, 0.2) is 35.5 Å².